The Morgan fingerprint density at radius 1 is 1.10 bits per heavy atom. The van der Waals surface area contributed by atoms with E-state index in [1.54, 1.807) is 32.4 Å². The number of anilines is 1. The lowest BCUT2D eigenvalue weighted by Crippen LogP contribution is -2.15. The predicted octanol–water partition coefficient (Wildman–Crippen LogP) is 3.76. The van der Waals surface area contributed by atoms with Crippen LogP contribution in [0, 0.1) is 13.8 Å². The highest BCUT2D eigenvalue weighted by Gasteiger charge is 2.14. The minimum atomic E-state index is -0.187. The second kappa shape index (κ2) is 10.2. The molecule has 0 radical (unpaired) electrons. The van der Waals surface area contributed by atoms with Crippen LogP contribution in [-0.4, -0.2) is 40.6 Å². The number of thioether (sulfide) groups is 1. The molecule has 8 nitrogen and oxygen atoms in total. The Morgan fingerprint density at radius 3 is 2.65 bits per heavy atom. The number of carbonyl (C=O) groups excluding carboxylic acids is 1. The van der Waals surface area contributed by atoms with Crippen molar-refractivity contribution in [2.45, 2.75) is 25.6 Å². The standard InChI is InChI=1S/C22H26N4O4S/c1-14-7-6-8-18(15(14)2)30-12-20-24-25-22(26(20)3)31-13-21(27)23-17-11-16(28-4)9-10-19(17)29-5/h6-11H,12-13H2,1-5H3,(H,23,27). The number of methoxy groups -OCH3 is 2. The fourth-order valence-electron chi connectivity index (χ4n) is 2.85. The average Bonchev–Trinajstić information content (AvgIpc) is 3.12. The zero-order valence-corrected chi connectivity index (χ0v) is 19.1. The molecule has 9 heteroatoms. The summed E-state index contributed by atoms with van der Waals surface area (Å²) in [6.07, 6.45) is 0. The summed E-state index contributed by atoms with van der Waals surface area (Å²) < 4.78 is 18.2. The first-order valence-electron chi connectivity index (χ1n) is 9.65. The molecule has 0 spiro atoms. The van der Waals surface area contributed by atoms with E-state index in [0.717, 1.165) is 11.3 Å². The molecule has 164 valence electrons. The molecule has 0 saturated heterocycles. The van der Waals surface area contributed by atoms with Gasteiger partial charge in [-0.1, -0.05) is 23.9 Å². The van der Waals surface area contributed by atoms with Gasteiger partial charge in [0.25, 0.3) is 0 Å². The molecule has 0 atom stereocenters. The van der Waals surface area contributed by atoms with Crippen LogP contribution in [0.4, 0.5) is 5.69 Å². The van der Waals surface area contributed by atoms with Gasteiger partial charge in [-0.2, -0.15) is 0 Å². The van der Waals surface area contributed by atoms with Gasteiger partial charge < -0.3 is 24.1 Å². The minimum absolute atomic E-state index is 0.171. The van der Waals surface area contributed by atoms with E-state index in [4.69, 9.17) is 14.2 Å². The van der Waals surface area contributed by atoms with Crippen molar-refractivity contribution in [3.05, 3.63) is 53.3 Å². The van der Waals surface area contributed by atoms with Crippen molar-refractivity contribution in [2.24, 2.45) is 7.05 Å². The van der Waals surface area contributed by atoms with Crippen LogP contribution in [0.15, 0.2) is 41.6 Å². The Hall–Kier alpha value is -3.20. The molecule has 31 heavy (non-hydrogen) atoms. The number of benzene rings is 2. The Balaban J connectivity index is 1.58. The highest BCUT2D eigenvalue weighted by Crippen LogP contribution is 2.29. The third-order valence-corrected chi connectivity index (χ3v) is 5.87. The van der Waals surface area contributed by atoms with Crippen LogP contribution < -0.4 is 19.5 Å². The molecule has 0 aliphatic carbocycles. The summed E-state index contributed by atoms with van der Waals surface area (Å²) in [7, 11) is 4.97. The number of aromatic nitrogens is 3. The Labute approximate surface area is 185 Å². The molecule has 0 saturated carbocycles. The van der Waals surface area contributed by atoms with Crippen LogP contribution in [0.25, 0.3) is 0 Å². The Bertz CT molecular complexity index is 1070. The van der Waals surface area contributed by atoms with E-state index in [0.29, 0.717) is 34.8 Å². The first-order valence-corrected chi connectivity index (χ1v) is 10.6. The van der Waals surface area contributed by atoms with Crippen molar-refractivity contribution in [2.75, 3.05) is 25.3 Å². The van der Waals surface area contributed by atoms with Crippen molar-refractivity contribution < 1.29 is 19.0 Å². The normalized spacial score (nSPS) is 10.6. The molecular formula is C22H26N4O4S. The van der Waals surface area contributed by atoms with Gasteiger partial charge in [0.05, 0.1) is 25.7 Å². The third-order valence-electron chi connectivity index (χ3n) is 4.85. The predicted molar refractivity (Wildman–Crippen MR) is 120 cm³/mol. The number of rotatable bonds is 9. The van der Waals surface area contributed by atoms with Crippen molar-refractivity contribution in [1.29, 1.82) is 0 Å². The number of hydrogen-bond donors (Lipinski definition) is 1. The molecule has 3 rings (SSSR count). The summed E-state index contributed by atoms with van der Waals surface area (Å²) in [5.41, 5.74) is 2.82. The van der Waals surface area contributed by atoms with Crippen molar-refractivity contribution in [1.82, 2.24) is 14.8 Å². The number of aryl methyl sites for hydroxylation is 1. The quantitative estimate of drug-likeness (QED) is 0.505. The molecule has 1 amide bonds. The van der Waals surface area contributed by atoms with Crippen LogP contribution in [0.2, 0.25) is 0 Å². The highest BCUT2D eigenvalue weighted by molar-refractivity contribution is 7.99. The van der Waals surface area contributed by atoms with Gasteiger partial charge >= 0.3 is 0 Å². The molecule has 0 bridgehead atoms. The van der Waals surface area contributed by atoms with Crippen molar-refractivity contribution >= 4 is 23.4 Å². The summed E-state index contributed by atoms with van der Waals surface area (Å²) in [4.78, 5) is 12.4. The summed E-state index contributed by atoms with van der Waals surface area (Å²) in [6.45, 7) is 4.37. The number of hydrogen-bond acceptors (Lipinski definition) is 7. The number of ether oxygens (including phenoxy) is 3. The molecule has 0 aliphatic rings. The largest absolute Gasteiger partial charge is 0.497 e. The molecule has 0 aliphatic heterocycles. The van der Waals surface area contributed by atoms with E-state index in [-0.39, 0.29) is 11.7 Å². The van der Waals surface area contributed by atoms with Crippen LogP contribution in [0.5, 0.6) is 17.2 Å². The van der Waals surface area contributed by atoms with Crippen molar-refractivity contribution in [3.63, 3.8) is 0 Å². The van der Waals surface area contributed by atoms with Gasteiger partial charge in [0.2, 0.25) is 5.91 Å². The minimum Gasteiger partial charge on any atom is -0.497 e. The van der Waals surface area contributed by atoms with E-state index >= 15 is 0 Å². The summed E-state index contributed by atoms with van der Waals surface area (Å²) in [5.74, 6) is 2.67. The zero-order valence-electron chi connectivity index (χ0n) is 18.3. The highest BCUT2D eigenvalue weighted by atomic mass is 32.2. The van der Waals surface area contributed by atoms with Gasteiger partial charge in [-0.25, -0.2) is 0 Å². The zero-order chi connectivity index (χ0) is 22.4. The maximum Gasteiger partial charge on any atom is 0.234 e. The molecule has 1 N–H and O–H groups in total. The van der Waals surface area contributed by atoms with Crippen LogP contribution >= 0.6 is 11.8 Å². The fraction of sp³-hybridized carbons (Fsp3) is 0.318. The van der Waals surface area contributed by atoms with Gasteiger partial charge in [0.15, 0.2) is 11.0 Å². The first-order chi connectivity index (χ1) is 14.9. The lowest BCUT2D eigenvalue weighted by molar-refractivity contribution is -0.113. The van der Waals surface area contributed by atoms with Gasteiger partial charge in [0, 0.05) is 13.1 Å². The van der Waals surface area contributed by atoms with E-state index in [9.17, 15) is 4.79 Å². The van der Waals surface area contributed by atoms with Gasteiger partial charge in [0.1, 0.15) is 23.9 Å². The molecular weight excluding hydrogens is 416 g/mol. The van der Waals surface area contributed by atoms with Gasteiger partial charge in [-0.15, -0.1) is 10.2 Å². The molecule has 1 heterocycles. The van der Waals surface area contributed by atoms with Crippen LogP contribution in [-0.2, 0) is 18.4 Å². The Kier molecular flexibility index (Phi) is 7.41. The van der Waals surface area contributed by atoms with E-state index in [2.05, 4.69) is 15.5 Å². The van der Waals surface area contributed by atoms with E-state index in [1.807, 2.05) is 43.7 Å². The second-order valence-corrected chi connectivity index (χ2v) is 7.79. The SMILES string of the molecule is COc1ccc(OC)c(NC(=O)CSc2nnc(COc3cccc(C)c3C)n2C)c1. The fourth-order valence-corrected chi connectivity index (χ4v) is 3.58. The number of amides is 1. The molecule has 2 aromatic carbocycles. The summed E-state index contributed by atoms with van der Waals surface area (Å²) in [6, 6.07) is 11.2. The van der Waals surface area contributed by atoms with Crippen LogP contribution in [0.3, 0.4) is 0 Å². The van der Waals surface area contributed by atoms with Crippen molar-refractivity contribution in [3.8, 4) is 17.2 Å². The van der Waals surface area contributed by atoms with Gasteiger partial charge in [-0.3, -0.25) is 4.79 Å². The van der Waals surface area contributed by atoms with Gasteiger partial charge in [-0.05, 0) is 43.2 Å². The number of nitrogens with one attached hydrogen (secondary N) is 1. The molecule has 1 aromatic heterocycles. The lowest BCUT2D eigenvalue weighted by atomic mass is 10.1. The maximum atomic E-state index is 12.4. The smallest absolute Gasteiger partial charge is 0.234 e. The monoisotopic (exact) mass is 442 g/mol. The third kappa shape index (κ3) is 5.49. The Morgan fingerprint density at radius 2 is 1.90 bits per heavy atom. The number of nitrogens with zero attached hydrogens (tertiary/aromatic N) is 3. The van der Waals surface area contributed by atoms with E-state index in [1.165, 1.54) is 17.3 Å². The average molecular weight is 443 g/mol. The molecule has 0 unspecified atom stereocenters. The summed E-state index contributed by atoms with van der Waals surface area (Å²) in [5, 5.41) is 11.8. The topological polar surface area (TPSA) is 87.5 Å². The second-order valence-electron chi connectivity index (χ2n) is 6.85. The summed E-state index contributed by atoms with van der Waals surface area (Å²) >= 11 is 1.30. The van der Waals surface area contributed by atoms with Crippen LogP contribution in [0.1, 0.15) is 17.0 Å². The lowest BCUT2D eigenvalue weighted by Gasteiger charge is -2.12. The maximum absolute atomic E-state index is 12.4. The molecule has 0 fully saturated rings. The number of carbonyl (C=O) groups is 1. The van der Waals surface area contributed by atoms with E-state index < -0.39 is 0 Å². The molecule has 3 aromatic rings. The first kappa shape index (κ1) is 22.5.